The first-order valence-electron chi connectivity index (χ1n) is 3.89. The van der Waals surface area contributed by atoms with E-state index in [-0.39, 0.29) is 12.5 Å². The highest BCUT2D eigenvalue weighted by atomic mass is 19.3. The number of rotatable bonds is 3. The Morgan fingerprint density at radius 2 is 2.36 bits per heavy atom. The second-order valence-electron chi connectivity index (χ2n) is 2.81. The van der Waals surface area contributed by atoms with Gasteiger partial charge in [-0.05, 0) is 25.3 Å². The smallest absolute Gasteiger partial charge is 0.323 e. The lowest BCUT2D eigenvalue weighted by Crippen LogP contribution is -2.32. The van der Waals surface area contributed by atoms with Crippen molar-refractivity contribution >= 4 is 0 Å². The standard InChI is InChI=1S/C7H13F2NO/c8-7(9)11-5-6-2-1-3-10-4-6/h6-7,10H,1-5H2. The Balaban J connectivity index is 2.05. The van der Waals surface area contributed by atoms with Crippen LogP contribution in [0.2, 0.25) is 0 Å². The lowest BCUT2D eigenvalue weighted by molar-refractivity contribution is -0.139. The Bertz CT molecular complexity index is 105. The minimum Gasteiger partial charge on any atom is -0.323 e. The molecule has 11 heavy (non-hydrogen) atoms. The van der Waals surface area contributed by atoms with Crippen molar-refractivity contribution in [3.8, 4) is 0 Å². The number of alkyl halides is 2. The summed E-state index contributed by atoms with van der Waals surface area (Å²) in [5, 5.41) is 3.13. The maximum atomic E-state index is 11.5. The molecular formula is C7H13F2NO. The van der Waals surface area contributed by atoms with Crippen LogP contribution in [0.5, 0.6) is 0 Å². The molecule has 0 aromatic heterocycles. The van der Waals surface area contributed by atoms with Crippen LogP contribution in [0.1, 0.15) is 12.8 Å². The largest absolute Gasteiger partial charge is 0.345 e. The summed E-state index contributed by atoms with van der Waals surface area (Å²) in [4.78, 5) is 0. The maximum Gasteiger partial charge on any atom is 0.345 e. The third kappa shape index (κ3) is 3.62. The molecule has 0 amide bonds. The number of hydrogen-bond acceptors (Lipinski definition) is 2. The van der Waals surface area contributed by atoms with Gasteiger partial charge in [-0.15, -0.1) is 0 Å². The van der Waals surface area contributed by atoms with Crippen LogP contribution >= 0.6 is 0 Å². The summed E-state index contributed by atoms with van der Waals surface area (Å²) in [5.74, 6) is 0.276. The van der Waals surface area contributed by atoms with Gasteiger partial charge in [-0.1, -0.05) is 0 Å². The number of piperidine rings is 1. The van der Waals surface area contributed by atoms with Crippen molar-refractivity contribution in [2.24, 2.45) is 5.92 Å². The van der Waals surface area contributed by atoms with Crippen LogP contribution < -0.4 is 5.32 Å². The molecule has 66 valence electrons. The van der Waals surface area contributed by atoms with Gasteiger partial charge < -0.3 is 10.1 Å². The van der Waals surface area contributed by atoms with Gasteiger partial charge in [0.2, 0.25) is 0 Å². The average molecular weight is 165 g/mol. The van der Waals surface area contributed by atoms with Gasteiger partial charge in [-0.25, -0.2) is 0 Å². The van der Waals surface area contributed by atoms with Crippen molar-refractivity contribution in [1.82, 2.24) is 5.32 Å². The Hall–Kier alpha value is -0.220. The summed E-state index contributed by atoms with van der Waals surface area (Å²) in [5.41, 5.74) is 0. The number of hydrogen-bond donors (Lipinski definition) is 1. The van der Waals surface area contributed by atoms with Crippen molar-refractivity contribution in [2.45, 2.75) is 19.5 Å². The molecule has 0 aromatic rings. The molecule has 0 aliphatic carbocycles. The van der Waals surface area contributed by atoms with Gasteiger partial charge in [-0.2, -0.15) is 8.78 Å². The zero-order chi connectivity index (χ0) is 8.10. The van der Waals surface area contributed by atoms with E-state index in [0.717, 1.165) is 25.9 Å². The topological polar surface area (TPSA) is 21.3 Å². The fraction of sp³-hybridized carbons (Fsp3) is 1.00. The summed E-state index contributed by atoms with van der Waals surface area (Å²) in [6.45, 7) is -0.611. The molecule has 1 aliphatic rings. The van der Waals surface area contributed by atoms with Gasteiger partial charge in [0.05, 0.1) is 6.61 Å². The van der Waals surface area contributed by atoms with Crippen molar-refractivity contribution in [3.05, 3.63) is 0 Å². The fourth-order valence-corrected chi connectivity index (χ4v) is 1.28. The molecule has 0 radical (unpaired) electrons. The monoisotopic (exact) mass is 165 g/mol. The molecule has 0 bridgehead atoms. The van der Waals surface area contributed by atoms with E-state index in [0.29, 0.717) is 0 Å². The molecule has 1 aliphatic heterocycles. The number of ether oxygens (including phenoxy) is 1. The summed E-state index contributed by atoms with van der Waals surface area (Å²) < 4.78 is 27.3. The predicted molar refractivity (Wildman–Crippen MR) is 37.5 cm³/mol. The SMILES string of the molecule is FC(F)OCC1CCCNC1. The summed E-state index contributed by atoms with van der Waals surface area (Å²) in [7, 11) is 0. The van der Waals surface area contributed by atoms with E-state index in [1.807, 2.05) is 0 Å². The van der Waals surface area contributed by atoms with Crippen LogP contribution in [0, 0.1) is 5.92 Å². The summed E-state index contributed by atoms with van der Waals surface area (Å²) in [6.07, 6.45) is 2.07. The molecule has 2 nitrogen and oxygen atoms in total. The van der Waals surface area contributed by atoms with E-state index < -0.39 is 6.61 Å². The van der Waals surface area contributed by atoms with Crippen molar-refractivity contribution < 1.29 is 13.5 Å². The molecule has 1 rings (SSSR count). The van der Waals surface area contributed by atoms with Crippen LogP contribution in [-0.4, -0.2) is 26.3 Å². The second kappa shape index (κ2) is 4.62. The Labute approximate surface area is 64.9 Å². The zero-order valence-corrected chi connectivity index (χ0v) is 6.35. The molecule has 1 atom stereocenters. The molecule has 0 spiro atoms. The molecule has 0 aromatic carbocycles. The lowest BCUT2D eigenvalue weighted by atomic mass is 10.0. The van der Waals surface area contributed by atoms with Crippen LogP contribution in [0.15, 0.2) is 0 Å². The normalized spacial score (nSPS) is 25.9. The highest BCUT2D eigenvalue weighted by Crippen LogP contribution is 2.11. The van der Waals surface area contributed by atoms with Gasteiger partial charge in [0.1, 0.15) is 0 Å². The van der Waals surface area contributed by atoms with Gasteiger partial charge >= 0.3 is 6.61 Å². The van der Waals surface area contributed by atoms with Crippen molar-refractivity contribution in [3.63, 3.8) is 0 Å². The Morgan fingerprint density at radius 3 is 2.91 bits per heavy atom. The molecule has 1 N–H and O–H groups in total. The van der Waals surface area contributed by atoms with Gasteiger partial charge in [0, 0.05) is 6.54 Å². The molecular weight excluding hydrogens is 152 g/mol. The maximum absolute atomic E-state index is 11.5. The highest BCUT2D eigenvalue weighted by Gasteiger charge is 2.14. The second-order valence-corrected chi connectivity index (χ2v) is 2.81. The fourth-order valence-electron chi connectivity index (χ4n) is 1.28. The van der Waals surface area contributed by atoms with Crippen LogP contribution in [0.3, 0.4) is 0 Å². The van der Waals surface area contributed by atoms with Gasteiger partial charge in [0.15, 0.2) is 0 Å². The minimum absolute atomic E-state index is 0.185. The van der Waals surface area contributed by atoms with Crippen LogP contribution in [0.25, 0.3) is 0 Å². The van der Waals surface area contributed by atoms with Crippen molar-refractivity contribution in [1.29, 1.82) is 0 Å². The quantitative estimate of drug-likeness (QED) is 0.679. The molecule has 0 saturated carbocycles. The van der Waals surface area contributed by atoms with E-state index in [1.54, 1.807) is 0 Å². The molecule has 1 saturated heterocycles. The molecule has 4 heteroatoms. The van der Waals surface area contributed by atoms with Gasteiger partial charge in [0.25, 0.3) is 0 Å². The van der Waals surface area contributed by atoms with E-state index >= 15 is 0 Å². The zero-order valence-electron chi connectivity index (χ0n) is 6.35. The van der Waals surface area contributed by atoms with Gasteiger partial charge in [-0.3, -0.25) is 0 Å². The Morgan fingerprint density at radius 1 is 1.55 bits per heavy atom. The third-order valence-electron chi connectivity index (χ3n) is 1.86. The van der Waals surface area contributed by atoms with E-state index in [4.69, 9.17) is 0 Å². The highest BCUT2D eigenvalue weighted by molar-refractivity contribution is 4.67. The van der Waals surface area contributed by atoms with Crippen molar-refractivity contribution in [2.75, 3.05) is 19.7 Å². The Kier molecular flexibility index (Phi) is 3.72. The molecule has 1 unspecified atom stereocenters. The van der Waals surface area contributed by atoms with Crippen LogP contribution in [-0.2, 0) is 4.74 Å². The van der Waals surface area contributed by atoms with E-state index in [2.05, 4.69) is 10.1 Å². The predicted octanol–water partition coefficient (Wildman–Crippen LogP) is 1.23. The minimum atomic E-state index is -2.61. The third-order valence-corrected chi connectivity index (χ3v) is 1.86. The molecule has 1 heterocycles. The summed E-state index contributed by atoms with van der Waals surface area (Å²) >= 11 is 0. The number of nitrogens with one attached hydrogen (secondary N) is 1. The molecule has 1 fully saturated rings. The first kappa shape index (κ1) is 8.87. The first-order valence-corrected chi connectivity index (χ1v) is 3.89. The van der Waals surface area contributed by atoms with E-state index in [1.165, 1.54) is 0 Å². The van der Waals surface area contributed by atoms with Crippen LogP contribution in [0.4, 0.5) is 8.78 Å². The average Bonchev–Trinajstić information content (AvgIpc) is 2.03. The van der Waals surface area contributed by atoms with E-state index in [9.17, 15) is 8.78 Å². The summed E-state index contributed by atoms with van der Waals surface area (Å²) in [6, 6.07) is 0. The first-order chi connectivity index (χ1) is 5.29. The number of halogens is 2. The lowest BCUT2D eigenvalue weighted by Gasteiger charge is -2.21.